The predicted molar refractivity (Wildman–Crippen MR) is 31.1 cm³/mol. The highest BCUT2D eigenvalue weighted by atomic mass is 35.6. The van der Waals surface area contributed by atoms with Gasteiger partial charge in [0.05, 0.1) is 0 Å². The second kappa shape index (κ2) is 5.47. The van der Waals surface area contributed by atoms with E-state index in [9.17, 15) is 0 Å². The van der Waals surface area contributed by atoms with Gasteiger partial charge in [-0.2, -0.15) is 11.1 Å². The molecule has 3 heteroatoms. The molecule has 0 saturated carbocycles. The van der Waals surface area contributed by atoms with Crippen molar-refractivity contribution in [1.82, 2.24) is 0 Å². The average molecular weight is 125 g/mol. The van der Waals surface area contributed by atoms with Crippen molar-refractivity contribution in [3.8, 4) is 0 Å². The average Bonchev–Trinajstić information content (AvgIpc) is 1.61. The van der Waals surface area contributed by atoms with Crippen molar-refractivity contribution in [3.05, 3.63) is 0 Å². The molecule has 0 aromatic carbocycles. The van der Waals surface area contributed by atoms with Gasteiger partial charge >= 0.3 is 0 Å². The van der Waals surface area contributed by atoms with Gasteiger partial charge in [-0.05, 0) is 6.04 Å². The van der Waals surface area contributed by atoms with E-state index >= 15 is 0 Å². The summed E-state index contributed by atoms with van der Waals surface area (Å²) in [5.74, 6) is 0. The van der Waals surface area contributed by atoms with Gasteiger partial charge in [0, 0.05) is 13.7 Å². The van der Waals surface area contributed by atoms with Crippen LogP contribution in [-0.2, 0) is 4.74 Å². The summed E-state index contributed by atoms with van der Waals surface area (Å²) in [5, 5.41) is 0. The van der Waals surface area contributed by atoms with Crippen molar-refractivity contribution in [2.75, 3.05) is 13.7 Å². The van der Waals surface area contributed by atoms with Crippen LogP contribution in [0.3, 0.4) is 0 Å². The molecule has 0 amide bonds. The molecule has 0 unspecified atom stereocenters. The third-order valence-electron chi connectivity index (χ3n) is 0.482. The Morgan fingerprint density at radius 2 is 2.50 bits per heavy atom. The van der Waals surface area contributed by atoms with Gasteiger partial charge in [0.1, 0.15) is 8.83 Å². The maximum atomic E-state index is 5.44. The second-order valence-corrected chi connectivity index (χ2v) is 3.25. The van der Waals surface area contributed by atoms with E-state index in [0.29, 0.717) is 0 Å². The Morgan fingerprint density at radius 3 is 2.67 bits per heavy atom. The van der Waals surface area contributed by atoms with Crippen LogP contribution in [0.25, 0.3) is 0 Å². The molecule has 0 heterocycles. The first-order chi connectivity index (χ1) is 2.91. The van der Waals surface area contributed by atoms with Crippen LogP contribution in [0.5, 0.6) is 0 Å². The molecule has 38 valence electrons. The van der Waals surface area contributed by atoms with E-state index in [4.69, 9.17) is 15.8 Å². The van der Waals surface area contributed by atoms with Crippen molar-refractivity contribution in [2.24, 2.45) is 0 Å². The summed E-state index contributed by atoms with van der Waals surface area (Å²) in [7, 11) is 1.45. The highest BCUT2D eigenvalue weighted by molar-refractivity contribution is 6.93. The van der Waals surface area contributed by atoms with Gasteiger partial charge in [0.15, 0.2) is 0 Å². The standard InChI is InChI=1S/C3H9ClOSi/c1-5-2-3-6-4/h2-3,6H2,1H3. The zero-order valence-corrected chi connectivity index (χ0v) is 6.08. The maximum Gasteiger partial charge on any atom is 0.127 e. The molecule has 0 saturated heterocycles. The molecule has 0 bridgehead atoms. The van der Waals surface area contributed by atoms with Crippen LogP contribution in [0.2, 0.25) is 6.04 Å². The number of rotatable bonds is 3. The lowest BCUT2D eigenvalue weighted by Crippen LogP contribution is -1.87. The van der Waals surface area contributed by atoms with E-state index in [-0.39, 0.29) is 8.83 Å². The van der Waals surface area contributed by atoms with Crippen LogP contribution in [0.4, 0.5) is 0 Å². The molecule has 0 aliphatic rings. The van der Waals surface area contributed by atoms with E-state index in [2.05, 4.69) is 0 Å². The normalized spacial score (nSPS) is 11.0. The molecule has 0 spiro atoms. The molecule has 0 fully saturated rings. The second-order valence-electron chi connectivity index (χ2n) is 1.04. The molecule has 0 aromatic rings. The van der Waals surface area contributed by atoms with Crippen LogP contribution in [-0.4, -0.2) is 22.5 Å². The summed E-state index contributed by atoms with van der Waals surface area (Å²) in [4.78, 5) is 0. The number of methoxy groups -OCH3 is 1. The third-order valence-corrected chi connectivity index (χ3v) is 1.84. The number of hydrogen-bond acceptors (Lipinski definition) is 1. The lowest BCUT2D eigenvalue weighted by Gasteiger charge is -1.87. The Kier molecular flexibility index (Phi) is 5.89. The maximum absolute atomic E-state index is 5.44. The van der Waals surface area contributed by atoms with Crippen molar-refractivity contribution in [3.63, 3.8) is 0 Å². The molecule has 0 aliphatic heterocycles. The minimum absolute atomic E-state index is 0.250. The Morgan fingerprint density at radius 1 is 1.83 bits per heavy atom. The van der Waals surface area contributed by atoms with Gasteiger partial charge in [-0.15, -0.1) is 0 Å². The summed E-state index contributed by atoms with van der Waals surface area (Å²) in [6.45, 7) is 0.843. The van der Waals surface area contributed by atoms with E-state index < -0.39 is 0 Å². The van der Waals surface area contributed by atoms with E-state index in [1.165, 1.54) is 0 Å². The first-order valence-electron chi connectivity index (χ1n) is 1.96. The molecule has 0 aromatic heterocycles. The van der Waals surface area contributed by atoms with Crippen molar-refractivity contribution in [2.45, 2.75) is 6.04 Å². The van der Waals surface area contributed by atoms with Gasteiger partial charge in [-0.25, -0.2) is 0 Å². The Labute approximate surface area is 45.2 Å². The van der Waals surface area contributed by atoms with Gasteiger partial charge < -0.3 is 4.74 Å². The summed E-state index contributed by atoms with van der Waals surface area (Å²) in [5.41, 5.74) is 0. The van der Waals surface area contributed by atoms with Crippen LogP contribution in [0.15, 0.2) is 0 Å². The molecule has 6 heavy (non-hydrogen) atoms. The Balaban J connectivity index is 2.34. The zero-order chi connectivity index (χ0) is 4.83. The van der Waals surface area contributed by atoms with Crippen LogP contribution in [0, 0.1) is 0 Å². The fraction of sp³-hybridized carbons (Fsp3) is 1.00. The first kappa shape index (κ1) is 6.47. The van der Waals surface area contributed by atoms with Crippen LogP contribution < -0.4 is 0 Å². The van der Waals surface area contributed by atoms with Gasteiger partial charge in [-0.1, -0.05) is 0 Å². The molecule has 0 rings (SSSR count). The first-order valence-corrected chi connectivity index (χ1v) is 5.10. The largest absolute Gasteiger partial charge is 0.385 e. The fourth-order valence-electron chi connectivity index (χ4n) is 0.199. The summed E-state index contributed by atoms with van der Waals surface area (Å²) >= 11 is 5.44. The lowest BCUT2D eigenvalue weighted by atomic mass is 10.9. The minimum Gasteiger partial charge on any atom is -0.385 e. The molecular formula is C3H9ClOSi. The monoisotopic (exact) mass is 124 g/mol. The number of hydrogen-bond donors (Lipinski definition) is 0. The molecule has 0 atom stereocenters. The van der Waals surface area contributed by atoms with Crippen molar-refractivity contribution >= 4 is 19.9 Å². The van der Waals surface area contributed by atoms with E-state index in [0.717, 1.165) is 12.7 Å². The third kappa shape index (κ3) is 4.47. The highest BCUT2D eigenvalue weighted by Crippen LogP contribution is 1.80. The smallest absolute Gasteiger partial charge is 0.127 e. The van der Waals surface area contributed by atoms with Gasteiger partial charge in [0.2, 0.25) is 0 Å². The Bertz CT molecular complexity index is 22.8. The quantitative estimate of drug-likeness (QED) is 0.300. The molecule has 1 nitrogen and oxygen atoms in total. The Hall–Kier alpha value is 0.467. The molecule has 0 aliphatic carbocycles. The number of ether oxygens (including phenoxy) is 1. The minimum atomic E-state index is -0.250. The molecular weight excluding hydrogens is 116 g/mol. The van der Waals surface area contributed by atoms with Crippen LogP contribution in [0.1, 0.15) is 0 Å². The number of halogens is 1. The summed E-state index contributed by atoms with van der Waals surface area (Å²) < 4.78 is 4.73. The van der Waals surface area contributed by atoms with Crippen molar-refractivity contribution < 1.29 is 4.74 Å². The highest BCUT2D eigenvalue weighted by Gasteiger charge is 1.77. The summed E-state index contributed by atoms with van der Waals surface area (Å²) in [6, 6.07) is 1.10. The fourth-order valence-corrected chi connectivity index (χ4v) is 0.924. The van der Waals surface area contributed by atoms with Gasteiger partial charge in [-0.3, -0.25) is 0 Å². The van der Waals surface area contributed by atoms with Crippen molar-refractivity contribution in [1.29, 1.82) is 0 Å². The molecule has 0 radical (unpaired) electrons. The van der Waals surface area contributed by atoms with E-state index in [1.807, 2.05) is 0 Å². The lowest BCUT2D eigenvalue weighted by molar-refractivity contribution is 0.216. The SMILES string of the molecule is COCC[SiH2]Cl. The molecule has 0 N–H and O–H groups in total. The zero-order valence-electron chi connectivity index (χ0n) is 3.91. The topological polar surface area (TPSA) is 9.23 Å². The predicted octanol–water partition coefficient (Wildman–Crippen LogP) is 0.374. The van der Waals surface area contributed by atoms with Gasteiger partial charge in [0.25, 0.3) is 0 Å². The summed E-state index contributed by atoms with van der Waals surface area (Å²) in [6.07, 6.45) is 0. The van der Waals surface area contributed by atoms with Crippen LogP contribution >= 0.6 is 11.1 Å². The van der Waals surface area contributed by atoms with E-state index in [1.54, 1.807) is 7.11 Å².